The lowest BCUT2D eigenvalue weighted by molar-refractivity contribution is -0.0685. The van der Waals surface area contributed by atoms with Gasteiger partial charge in [0, 0.05) is 5.41 Å². The maximum absolute atomic E-state index is 12.4. The number of allylic oxidation sites excluding steroid dienone is 1. The molecule has 32 heavy (non-hydrogen) atoms. The van der Waals surface area contributed by atoms with Gasteiger partial charge in [0.15, 0.2) is 0 Å². The van der Waals surface area contributed by atoms with Gasteiger partial charge in [-0.05, 0) is 91.4 Å². The Kier molecular flexibility index (Phi) is 5.49. The molecule has 2 N–H and O–H groups in total. The van der Waals surface area contributed by atoms with E-state index in [1.165, 1.54) is 5.57 Å². The summed E-state index contributed by atoms with van der Waals surface area (Å²) in [5, 5.41) is 21.6. The Hall–Kier alpha value is -1.72. The molecule has 3 fully saturated rings. The predicted octanol–water partition coefficient (Wildman–Crippen LogP) is 5.97. The number of aliphatic hydroxyl groups is 2. The number of halogens is 2. The summed E-state index contributed by atoms with van der Waals surface area (Å²) in [6.07, 6.45) is 10.6. The van der Waals surface area contributed by atoms with Gasteiger partial charge in [-0.2, -0.15) is 8.78 Å². The van der Waals surface area contributed by atoms with Gasteiger partial charge >= 0.3 is 6.61 Å². The van der Waals surface area contributed by atoms with Gasteiger partial charge in [-0.3, -0.25) is 0 Å². The van der Waals surface area contributed by atoms with Crippen LogP contribution in [-0.4, -0.2) is 29.0 Å². The fraction of sp³-hybridized carbons (Fsp3) is 0.630. The Morgan fingerprint density at radius 1 is 1.03 bits per heavy atom. The van der Waals surface area contributed by atoms with Crippen LogP contribution >= 0.6 is 0 Å². The highest BCUT2D eigenvalue weighted by Gasteiger charge is 2.59. The van der Waals surface area contributed by atoms with Crippen LogP contribution in [0.4, 0.5) is 8.78 Å². The number of hydrogen-bond donors (Lipinski definition) is 2. The Labute approximate surface area is 189 Å². The fourth-order valence-corrected chi connectivity index (χ4v) is 7.60. The van der Waals surface area contributed by atoms with Crippen molar-refractivity contribution < 1.29 is 23.7 Å². The maximum atomic E-state index is 12.4. The van der Waals surface area contributed by atoms with E-state index >= 15 is 0 Å². The second kappa shape index (κ2) is 7.95. The Balaban J connectivity index is 1.40. The molecule has 0 spiro atoms. The number of ether oxygens (including phenoxy) is 1. The molecule has 0 radical (unpaired) electrons. The van der Waals surface area contributed by atoms with E-state index in [2.05, 4.69) is 24.7 Å². The average molecular weight is 445 g/mol. The minimum Gasteiger partial charge on any atom is -0.435 e. The lowest BCUT2D eigenvalue weighted by Crippen LogP contribution is -2.51. The van der Waals surface area contributed by atoms with Gasteiger partial charge in [0.05, 0.1) is 12.2 Å². The van der Waals surface area contributed by atoms with Crippen molar-refractivity contribution in [2.24, 2.45) is 28.6 Å². The highest BCUT2D eigenvalue weighted by molar-refractivity contribution is 5.56. The van der Waals surface area contributed by atoms with Crippen LogP contribution in [0.25, 0.3) is 6.08 Å². The molecule has 1 aromatic carbocycles. The minimum atomic E-state index is -2.83. The van der Waals surface area contributed by atoms with Crippen LogP contribution in [0, 0.1) is 28.6 Å². The first-order valence-corrected chi connectivity index (χ1v) is 12.0. The molecule has 7 atom stereocenters. The van der Waals surface area contributed by atoms with Crippen LogP contribution in [0.2, 0.25) is 0 Å². The molecule has 3 saturated carbocycles. The summed E-state index contributed by atoms with van der Waals surface area (Å²) in [6.45, 7) is 1.84. The van der Waals surface area contributed by atoms with Crippen molar-refractivity contribution in [2.45, 2.75) is 77.6 Å². The number of fused-ring (bicyclic) bond motifs is 5. The van der Waals surface area contributed by atoms with E-state index < -0.39 is 12.7 Å². The number of hydrogen-bond acceptors (Lipinski definition) is 3. The highest BCUT2D eigenvalue weighted by Crippen LogP contribution is 2.65. The lowest BCUT2D eigenvalue weighted by atomic mass is 9.48. The first-order chi connectivity index (χ1) is 15.2. The zero-order valence-corrected chi connectivity index (χ0v) is 18.9. The van der Waals surface area contributed by atoms with Gasteiger partial charge in [-0.25, -0.2) is 0 Å². The molecule has 0 bridgehead atoms. The molecule has 7 unspecified atom stereocenters. The smallest absolute Gasteiger partial charge is 0.387 e. The van der Waals surface area contributed by atoms with E-state index in [0.717, 1.165) is 56.1 Å². The van der Waals surface area contributed by atoms with Crippen LogP contribution in [0.15, 0.2) is 41.5 Å². The Morgan fingerprint density at radius 2 is 1.78 bits per heavy atom. The van der Waals surface area contributed by atoms with E-state index in [1.54, 1.807) is 24.3 Å². The summed E-state index contributed by atoms with van der Waals surface area (Å²) in [5.41, 5.74) is 3.47. The largest absolute Gasteiger partial charge is 0.435 e. The van der Waals surface area contributed by atoms with Gasteiger partial charge in [0.25, 0.3) is 0 Å². The maximum Gasteiger partial charge on any atom is 0.387 e. The van der Waals surface area contributed by atoms with Crippen LogP contribution in [0.3, 0.4) is 0 Å². The molecule has 5 heteroatoms. The molecule has 1 aromatic rings. The van der Waals surface area contributed by atoms with Crippen molar-refractivity contribution in [3.05, 3.63) is 47.1 Å². The van der Waals surface area contributed by atoms with Crippen molar-refractivity contribution in [1.82, 2.24) is 0 Å². The summed E-state index contributed by atoms with van der Waals surface area (Å²) in [6, 6.07) is 6.65. The van der Waals surface area contributed by atoms with Crippen LogP contribution in [-0.2, 0) is 0 Å². The molecular weight excluding hydrogens is 410 g/mol. The highest BCUT2D eigenvalue weighted by atomic mass is 19.3. The Morgan fingerprint density at radius 3 is 2.50 bits per heavy atom. The third kappa shape index (κ3) is 3.52. The first-order valence-electron chi connectivity index (χ1n) is 12.0. The molecule has 0 aliphatic heterocycles. The lowest BCUT2D eigenvalue weighted by Gasteiger charge is -2.57. The average Bonchev–Trinajstić information content (AvgIpc) is 3.00. The van der Waals surface area contributed by atoms with E-state index in [0.29, 0.717) is 17.8 Å². The molecular formula is C27H34F2O3. The third-order valence-corrected chi connectivity index (χ3v) is 9.40. The van der Waals surface area contributed by atoms with E-state index in [4.69, 9.17) is 0 Å². The van der Waals surface area contributed by atoms with Crippen molar-refractivity contribution in [2.75, 3.05) is 0 Å². The molecule has 0 heterocycles. The van der Waals surface area contributed by atoms with Crippen LogP contribution in [0.1, 0.15) is 64.4 Å². The normalized spacial score (nSPS) is 42.3. The summed E-state index contributed by atoms with van der Waals surface area (Å²) in [7, 11) is 0. The second-order valence-electron chi connectivity index (χ2n) is 11.0. The monoisotopic (exact) mass is 444 g/mol. The molecule has 4 aliphatic carbocycles. The molecule has 3 nitrogen and oxygen atoms in total. The zero-order valence-electron chi connectivity index (χ0n) is 18.9. The number of rotatable bonds is 3. The summed E-state index contributed by atoms with van der Waals surface area (Å²) < 4.78 is 29.3. The number of alkyl halides is 2. The minimum absolute atomic E-state index is 0.123. The van der Waals surface area contributed by atoms with E-state index in [9.17, 15) is 19.0 Å². The zero-order chi connectivity index (χ0) is 22.7. The topological polar surface area (TPSA) is 49.7 Å². The molecule has 5 rings (SSSR count). The number of benzene rings is 1. The summed E-state index contributed by atoms with van der Waals surface area (Å²) >= 11 is 0. The van der Waals surface area contributed by atoms with Crippen molar-refractivity contribution in [3.8, 4) is 5.75 Å². The van der Waals surface area contributed by atoms with Crippen molar-refractivity contribution in [3.63, 3.8) is 0 Å². The van der Waals surface area contributed by atoms with E-state index in [1.807, 2.05) is 6.08 Å². The van der Waals surface area contributed by atoms with Crippen molar-refractivity contribution in [1.29, 1.82) is 0 Å². The van der Waals surface area contributed by atoms with Gasteiger partial charge < -0.3 is 14.9 Å². The van der Waals surface area contributed by atoms with Crippen LogP contribution in [0.5, 0.6) is 5.75 Å². The van der Waals surface area contributed by atoms with Crippen LogP contribution < -0.4 is 4.74 Å². The summed E-state index contributed by atoms with van der Waals surface area (Å²) in [4.78, 5) is 0. The standard InChI is InChI=1S/C27H34F2O3/c1-26-11-9-19(30)15-18(26)5-8-21-22(26)10-12-27(2)23(21)14-17(24(27)31)13-16-3-6-20(7-4-16)32-25(28)29/h3-7,13,19,21-25,30-31H,8-12,14-15H2,1-2H3. The molecule has 174 valence electrons. The SMILES string of the molecule is CC12CCC(O)CC1=CCC1C2CCC2(C)C(O)C(=Cc3ccc(OC(F)F)cc3)CC12. The molecule has 4 aliphatic rings. The van der Waals surface area contributed by atoms with Gasteiger partial charge in [0.2, 0.25) is 0 Å². The Bertz CT molecular complexity index is 923. The fourth-order valence-electron chi connectivity index (χ4n) is 7.60. The second-order valence-corrected chi connectivity index (χ2v) is 11.0. The molecule has 0 aromatic heterocycles. The van der Waals surface area contributed by atoms with E-state index in [-0.39, 0.29) is 22.7 Å². The van der Waals surface area contributed by atoms with Gasteiger partial charge in [0.1, 0.15) is 5.75 Å². The van der Waals surface area contributed by atoms with Crippen molar-refractivity contribution >= 4 is 6.08 Å². The predicted molar refractivity (Wildman–Crippen MR) is 120 cm³/mol. The quantitative estimate of drug-likeness (QED) is 0.565. The van der Waals surface area contributed by atoms with Gasteiger partial charge in [-0.1, -0.05) is 43.7 Å². The number of aliphatic hydroxyl groups excluding tert-OH is 2. The molecule has 0 amide bonds. The van der Waals surface area contributed by atoms with Gasteiger partial charge in [-0.15, -0.1) is 0 Å². The first kappa shape index (κ1) is 22.1. The summed E-state index contributed by atoms with van der Waals surface area (Å²) in [5.74, 6) is 1.75. The molecule has 0 saturated heterocycles. The third-order valence-electron chi connectivity index (χ3n) is 9.40.